The average Bonchev–Trinajstić information content (AvgIpc) is 2.57. The van der Waals surface area contributed by atoms with Gasteiger partial charge in [0.05, 0.1) is 6.61 Å². The first-order valence-electron chi connectivity index (χ1n) is 5.23. The van der Waals surface area contributed by atoms with Gasteiger partial charge in [-0.25, -0.2) is 0 Å². The quantitative estimate of drug-likeness (QED) is 0.814. The lowest BCUT2D eigenvalue weighted by Gasteiger charge is -2.08. The van der Waals surface area contributed by atoms with Crippen LogP contribution in [0.2, 0.25) is 5.02 Å². The molecule has 0 aliphatic carbocycles. The maximum absolute atomic E-state index is 11.9. The minimum absolute atomic E-state index is 0.0190. The highest BCUT2D eigenvalue weighted by Crippen LogP contribution is 2.26. The van der Waals surface area contributed by atoms with Gasteiger partial charge in [-0.05, 0) is 25.1 Å². The summed E-state index contributed by atoms with van der Waals surface area (Å²) in [6.45, 7) is -0.436. The molecular weight excluding hydrogens is 248 g/mol. The highest BCUT2D eigenvalue weighted by atomic mass is 35.5. The van der Waals surface area contributed by atoms with Crippen molar-refractivity contribution in [1.82, 2.24) is 4.57 Å². The zero-order valence-corrected chi connectivity index (χ0v) is 10.0. The summed E-state index contributed by atoms with van der Waals surface area (Å²) in [6, 6.07) is 7.51. The molecule has 2 nitrogen and oxygen atoms in total. The number of aryl methyl sites for hydroxylation is 1. The predicted octanol–water partition coefficient (Wildman–Crippen LogP) is 3.84. The normalized spacial score (nSPS) is 11.6. The summed E-state index contributed by atoms with van der Waals surface area (Å²) in [5.41, 5.74) is 1.92. The van der Waals surface area contributed by atoms with E-state index in [1.165, 1.54) is 0 Å². The van der Waals surface area contributed by atoms with Crippen molar-refractivity contribution in [3.05, 3.63) is 35.0 Å². The van der Waals surface area contributed by atoms with E-state index in [1.54, 1.807) is 0 Å². The van der Waals surface area contributed by atoms with Gasteiger partial charge in [0, 0.05) is 28.2 Å². The summed E-state index contributed by atoms with van der Waals surface area (Å²) in [6.07, 6.45) is 0. The first-order chi connectivity index (χ1) is 8.09. The summed E-state index contributed by atoms with van der Waals surface area (Å²) in [5.74, 6) is 0. The Balaban J connectivity index is 2.27. The van der Waals surface area contributed by atoms with Gasteiger partial charge in [-0.15, -0.1) is 0 Å². The van der Waals surface area contributed by atoms with Crippen LogP contribution in [-0.4, -0.2) is 17.8 Å². The van der Waals surface area contributed by atoms with Gasteiger partial charge in [0.1, 0.15) is 0 Å². The van der Waals surface area contributed by atoms with Crippen molar-refractivity contribution in [2.75, 3.05) is 6.61 Å². The van der Waals surface area contributed by atoms with Gasteiger partial charge in [0.2, 0.25) is 0 Å². The topological polar surface area (TPSA) is 14.2 Å². The first kappa shape index (κ1) is 12.3. The maximum atomic E-state index is 11.9. The molecule has 2 aromatic rings. The van der Waals surface area contributed by atoms with Gasteiger partial charge in [-0.3, -0.25) is 0 Å². The van der Waals surface area contributed by atoms with Crippen LogP contribution in [0.4, 0.5) is 8.78 Å². The van der Waals surface area contributed by atoms with Crippen molar-refractivity contribution in [2.24, 2.45) is 0 Å². The molecule has 5 heteroatoms. The minimum atomic E-state index is -2.72. The first-order valence-corrected chi connectivity index (χ1v) is 5.61. The van der Waals surface area contributed by atoms with E-state index in [0.29, 0.717) is 11.6 Å². The van der Waals surface area contributed by atoms with Gasteiger partial charge < -0.3 is 9.30 Å². The van der Waals surface area contributed by atoms with E-state index < -0.39 is 6.61 Å². The van der Waals surface area contributed by atoms with Gasteiger partial charge in [0.15, 0.2) is 0 Å². The maximum Gasteiger partial charge on any atom is 0.345 e. The molecule has 0 N–H and O–H groups in total. The summed E-state index contributed by atoms with van der Waals surface area (Å²) in [4.78, 5) is 0. The second-order valence-electron chi connectivity index (χ2n) is 3.74. The van der Waals surface area contributed by atoms with Crippen LogP contribution in [-0.2, 0) is 11.3 Å². The molecule has 2 rings (SSSR count). The molecule has 1 aromatic heterocycles. The molecule has 0 atom stereocenters. The number of fused-ring (bicyclic) bond motifs is 1. The number of alkyl halides is 2. The molecule has 1 aromatic carbocycles. The highest BCUT2D eigenvalue weighted by molar-refractivity contribution is 6.35. The minimum Gasteiger partial charge on any atom is -0.343 e. The molecule has 0 radical (unpaired) electrons. The van der Waals surface area contributed by atoms with E-state index in [0.717, 1.165) is 16.6 Å². The Morgan fingerprint density at radius 1 is 1.41 bits per heavy atom. The van der Waals surface area contributed by atoms with Crippen LogP contribution in [0, 0.1) is 6.92 Å². The fourth-order valence-electron chi connectivity index (χ4n) is 1.91. The molecule has 0 saturated heterocycles. The number of benzene rings is 1. The number of nitrogens with zero attached hydrogens (tertiary/aromatic N) is 1. The molecule has 0 fully saturated rings. The standard InChI is InChI=1S/C12H12ClF2NO/c1-8-7-9-10(13)3-2-4-11(9)16(8)5-6-17-12(14)15/h2-4,7,12H,5-6H2,1H3. The summed E-state index contributed by atoms with van der Waals surface area (Å²) in [7, 11) is 0. The van der Waals surface area contributed by atoms with Crippen LogP contribution >= 0.6 is 11.6 Å². The molecule has 0 aliphatic rings. The Morgan fingerprint density at radius 2 is 2.18 bits per heavy atom. The lowest BCUT2D eigenvalue weighted by Crippen LogP contribution is -2.09. The third-order valence-corrected chi connectivity index (χ3v) is 2.99. The van der Waals surface area contributed by atoms with Gasteiger partial charge >= 0.3 is 6.61 Å². The molecule has 17 heavy (non-hydrogen) atoms. The molecule has 0 amide bonds. The largest absolute Gasteiger partial charge is 0.345 e. The molecule has 0 bridgehead atoms. The van der Waals surface area contributed by atoms with Crippen LogP contribution in [0.1, 0.15) is 5.69 Å². The zero-order chi connectivity index (χ0) is 12.4. The molecule has 0 saturated carbocycles. The smallest absolute Gasteiger partial charge is 0.343 e. The van der Waals surface area contributed by atoms with E-state index in [2.05, 4.69) is 4.74 Å². The molecule has 1 heterocycles. The zero-order valence-electron chi connectivity index (χ0n) is 9.29. The number of hydrogen-bond acceptors (Lipinski definition) is 1. The molecule has 0 aliphatic heterocycles. The number of ether oxygens (including phenoxy) is 1. The highest BCUT2D eigenvalue weighted by Gasteiger charge is 2.08. The number of rotatable bonds is 4. The van der Waals surface area contributed by atoms with E-state index in [4.69, 9.17) is 11.6 Å². The van der Waals surface area contributed by atoms with Gasteiger partial charge in [-0.2, -0.15) is 8.78 Å². The lowest BCUT2D eigenvalue weighted by molar-refractivity contribution is -0.130. The molecule has 92 valence electrons. The van der Waals surface area contributed by atoms with E-state index in [1.807, 2.05) is 35.8 Å². The number of aromatic nitrogens is 1. The van der Waals surface area contributed by atoms with E-state index in [-0.39, 0.29) is 6.61 Å². The van der Waals surface area contributed by atoms with Crippen molar-refractivity contribution in [3.8, 4) is 0 Å². The molecule has 0 spiro atoms. The predicted molar refractivity (Wildman–Crippen MR) is 63.6 cm³/mol. The fourth-order valence-corrected chi connectivity index (χ4v) is 2.13. The summed E-state index contributed by atoms with van der Waals surface area (Å²) >= 11 is 6.06. The average molecular weight is 260 g/mol. The number of hydrogen-bond donors (Lipinski definition) is 0. The SMILES string of the molecule is Cc1cc2c(Cl)cccc2n1CCOC(F)F. The fraction of sp³-hybridized carbons (Fsp3) is 0.333. The Kier molecular flexibility index (Phi) is 3.64. The Bertz CT molecular complexity index is 524. The van der Waals surface area contributed by atoms with Crippen molar-refractivity contribution in [1.29, 1.82) is 0 Å². The van der Waals surface area contributed by atoms with Crippen LogP contribution < -0.4 is 0 Å². The van der Waals surface area contributed by atoms with Crippen LogP contribution in [0.15, 0.2) is 24.3 Å². The van der Waals surface area contributed by atoms with Crippen molar-refractivity contribution < 1.29 is 13.5 Å². The van der Waals surface area contributed by atoms with Crippen LogP contribution in [0.3, 0.4) is 0 Å². The van der Waals surface area contributed by atoms with Crippen molar-refractivity contribution in [2.45, 2.75) is 20.1 Å². The van der Waals surface area contributed by atoms with Crippen LogP contribution in [0.5, 0.6) is 0 Å². The van der Waals surface area contributed by atoms with E-state index in [9.17, 15) is 8.78 Å². The Labute approximate surface area is 103 Å². The summed E-state index contributed by atoms with van der Waals surface area (Å²) in [5, 5.41) is 1.60. The van der Waals surface area contributed by atoms with Gasteiger partial charge in [-0.1, -0.05) is 17.7 Å². The van der Waals surface area contributed by atoms with Gasteiger partial charge in [0.25, 0.3) is 0 Å². The van der Waals surface area contributed by atoms with Crippen LogP contribution in [0.25, 0.3) is 10.9 Å². The second kappa shape index (κ2) is 5.02. The lowest BCUT2D eigenvalue weighted by atomic mass is 10.2. The monoisotopic (exact) mass is 259 g/mol. The van der Waals surface area contributed by atoms with Crippen molar-refractivity contribution in [3.63, 3.8) is 0 Å². The Hall–Kier alpha value is -1.13. The Morgan fingerprint density at radius 3 is 2.88 bits per heavy atom. The third-order valence-electron chi connectivity index (χ3n) is 2.66. The van der Waals surface area contributed by atoms with E-state index >= 15 is 0 Å². The molecule has 0 unspecified atom stereocenters. The second-order valence-corrected chi connectivity index (χ2v) is 4.15. The van der Waals surface area contributed by atoms with Crippen molar-refractivity contribution >= 4 is 22.5 Å². The third kappa shape index (κ3) is 2.58. The summed E-state index contributed by atoms with van der Waals surface area (Å²) < 4.78 is 30.0. The number of halogens is 3. The molecular formula is C12H12ClF2NO.